The number of nitrogens with one attached hydrogen (secondary N) is 2. The van der Waals surface area contributed by atoms with E-state index in [9.17, 15) is 18.4 Å². The van der Waals surface area contributed by atoms with Crippen molar-refractivity contribution in [3.8, 4) is 0 Å². The molecule has 32 heavy (non-hydrogen) atoms. The minimum Gasteiger partial charge on any atom is -0.345 e. The Bertz CT molecular complexity index is 1160. The molecule has 3 aliphatic rings. The summed E-state index contributed by atoms with van der Waals surface area (Å²) >= 11 is 0. The van der Waals surface area contributed by atoms with Crippen LogP contribution in [-0.2, 0) is 6.42 Å². The van der Waals surface area contributed by atoms with Crippen molar-refractivity contribution >= 4 is 11.7 Å². The van der Waals surface area contributed by atoms with Crippen LogP contribution in [0.3, 0.4) is 0 Å². The predicted octanol–water partition coefficient (Wildman–Crippen LogP) is 3.97. The smallest absolute Gasteiger partial charge is 0.261 e. The second-order valence-corrected chi connectivity index (χ2v) is 9.07. The van der Waals surface area contributed by atoms with Gasteiger partial charge in [-0.2, -0.15) is 0 Å². The van der Waals surface area contributed by atoms with Crippen molar-refractivity contribution < 1.29 is 13.6 Å². The Labute approximate surface area is 185 Å². The van der Waals surface area contributed by atoms with E-state index in [0.717, 1.165) is 31.4 Å². The van der Waals surface area contributed by atoms with E-state index in [1.807, 2.05) is 6.07 Å². The molecule has 2 atom stereocenters. The molecular formula is C25H27F2N3O2. The molecular weight excluding hydrogens is 412 g/mol. The van der Waals surface area contributed by atoms with Gasteiger partial charge in [0.1, 0.15) is 11.6 Å². The monoisotopic (exact) mass is 439 g/mol. The molecule has 2 fully saturated rings. The molecule has 1 aromatic heterocycles. The first-order valence-electron chi connectivity index (χ1n) is 11.4. The SMILES string of the molecule is Cc1c(C(=O)NC(c2cccc(F)c2)C2CC2)c2c(c(=O)n1[C@H]1CCNC1)C(F)=CCC2. The first-order valence-corrected chi connectivity index (χ1v) is 11.4. The quantitative estimate of drug-likeness (QED) is 0.741. The van der Waals surface area contributed by atoms with Crippen LogP contribution in [0.1, 0.15) is 70.5 Å². The van der Waals surface area contributed by atoms with Crippen molar-refractivity contribution in [1.29, 1.82) is 0 Å². The number of rotatable bonds is 5. The molecule has 2 heterocycles. The summed E-state index contributed by atoms with van der Waals surface area (Å²) in [4.78, 5) is 26.9. The molecule has 5 nitrogen and oxygen atoms in total. The predicted molar refractivity (Wildman–Crippen MR) is 119 cm³/mol. The van der Waals surface area contributed by atoms with Gasteiger partial charge in [-0.25, -0.2) is 8.78 Å². The van der Waals surface area contributed by atoms with Crippen LogP contribution < -0.4 is 16.2 Å². The molecule has 1 saturated carbocycles. The van der Waals surface area contributed by atoms with Crippen molar-refractivity contribution in [2.75, 3.05) is 13.1 Å². The van der Waals surface area contributed by atoms with Crippen LogP contribution >= 0.6 is 0 Å². The number of allylic oxidation sites excluding steroid dienone is 1. The lowest BCUT2D eigenvalue weighted by atomic mass is 9.90. The van der Waals surface area contributed by atoms with Crippen LogP contribution in [0.2, 0.25) is 0 Å². The highest BCUT2D eigenvalue weighted by Gasteiger charge is 2.36. The molecule has 2 aromatic rings. The van der Waals surface area contributed by atoms with E-state index in [2.05, 4.69) is 10.6 Å². The lowest BCUT2D eigenvalue weighted by Gasteiger charge is -2.27. The maximum atomic E-state index is 14.8. The number of hydrogen-bond acceptors (Lipinski definition) is 3. The maximum absolute atomic E-state index is 14.8. The molecule has 1 saturated heterocycles. The number of amides is 1. The molecule has 2 N–H and O–H groups in total. The number of benzene rings is 1. The van der Waals surface area contributed by atoms with Gasteiger partial charge in [-0.3, -0.25) is 9.59 Å². The van der Waals surface area contributed by atoms with Gasteiger partial charge in [0.25, 0.3) is 11.5 Å². The van der Waals surface area contributed by atoms with Gasteiger partial charge in [-0.15, -0.1) is 0 Å². The van der Waals surface area contributed by atoms with E-state index in [1.54, 1.807) is 17.6 Å². The summed E-state index contributed by atoms with van der Waals surface area (Å²) in [7, 11) is 0. The average Bonchev–Trinajstić information content (AvgIpc) is 3.46. The number of pyridine rings is 1. The fourth-order valence-corrected chi connectivity index (χ4v) is 5.22. The Morgan fingerprint density at radius 1 is 1.25 bits per heavy atom. The molecule has 0 bridgehead atoms. The maximum Gasteiger partial charge on any atom is 0.261 e. The standard InChI is InChI=1S/C25H27F2N3O2/c1-14-21(24(31)29-23(15-8-9-15)16-4-2-5-17(26)12-16)19-6-3-7-20(27)22(19)25(32)30(14)18-10-11-28-13-18/h2,4-5,7,12,15,18,23,28H,3,6,8-11,13H2,1H3,(H,29,31)/t18-,23?/m0/s1. The van der Waals surface area contributed by atoms with E-state index in [-0.39, 0.29) is 40.8 Å². The third-order valence-corrected chi connectivity index (χ3v) is 6.93. The largest absolute Gasteiger partial charge is 0.345 e. The summed E-state index contributed by atoms with van der Waals surface area (Å²) in [6.07, 6.45) is 4.99. The van der Waals surface area contributed by atoms with Gasteiger partial charge in [0.05, 0.1) is 23.2 Å². The van der Waals surface area contributed by atoms with Gasteiger partial charge >= 0.3 is 0 Å². The van der Waals surface area contributed by atoms with E-state index in [1.165, 1.54) is 18.2 Å². The van der Waals surface area contributed by atoms with Gasteiger partial charge in [-0.1, -0.05) is 12.1 Å². The third-order valence-electron chi connectivity index (χ3n) is 6.93. The molecule has 168 valence electrons. The second kappa shape index (κ2) is 8.28. The van der Waals surface area contributed by atoms with Crippen molar-refractivity contribution in [3.63, 3.8) is 0 Å². The number of aromatic nitrogens is 1. The summed E-state index contributed by atoms with van der Waals surface area (Å²) in [6.45, 7) is 3.16. The normalized spacial score (nSPS) is 21.1. The minimum absolute atomic E-state index is 0.0210. The molecule has 0 radical (unpaired) electrons. The van der Waals surface area contributed by atoms with Gasteiger partial charge in [0.2, 0.25) is 0 Å². The van der Waals surface area contributed by atoms with Crippen LogP contribution in [0.15, 0.2) is 35.1 Å². The van der Waals surface area contributed by atoms with E-state index in [4.69, 9.17) is 0 Å². The Morgan fingerprint density at radius 2 is 2.06 bits per heavy atom. The Balaban J connectivity index is 1.60. The van der Waals surface area contributed by atoms with Crippen LogP contribution in [0, 0.1) is 18.7 Å². The van der Waals surface area contributed by atoms with Crippen molar-refractivity contribution in [1.82, 2.24) is 15.2 Å². The highest BCUT2D eigenvalue weighted by molar-refractivity contribution is 5.98. The molecule has 1 aromatic carbocycles. The first-order chi connectivity index (χ1) is 15.5. The third kappa shape index (κ3) is 3.68. The second-order valence-electron chi connectivity index (χ2n) is 9.07. The van der Waals surface area contributed by atoms with Crippen molar-refractivity contribution in [2.24, 2.45) is 5.92 Å². The number of fused-ring (bicyclic) bond motifs is 1. The summed E-state index contributed by atoms with van der Waals surface area (Å²) in [5.41, 5.74) is 1.83. The number of nitrogens with zero attached hydrogens (tertiary/aromatic N) is 1. The van der Waals surface area contributed by atoms with E-state index >= 15 is 0 Å². The Kier molecular flexibility index (Phi) is 5.45. The topological polar surface area (TPSA) is 63.1 Å². The Morgan fingerprint density at radius 3 is 2.75 bits per heavy atom. The fourth-order valence-electron chi connectivity index (χ4n) is 5.22. The number of hydrogen-bond donors (Lipinski definition) is 2. The number of halogens is 2. The zero-order valence-corrected chi connectivity index (χ0v) is 18.1. The fraction of sp³-hybridized carbons (Fsp3) is 0.440. The van der Waals surface area contributed by atoms with Gasteiger partial charge in [-0.05, 0) is 80.8 Å². The van der Waals surface area contributed by atoms with E-state index < -0.39 is 5.83 Å². The molecule has 1 unspecified atom stereocenters. The van der Waals surface area contributed by atoms with Crippen molar-refractivity contribution in [2.45, 2.75) is 51.1 Å². The Hall–Kier alpha value is -2.80. The van der Waals surface area contributed by atoms with E-state index in [0.29, 0.717) is 36.2 Å². The van der Waals surface area contributed by atoms with Crippen LogP contribution in [0.5, 0.6) is 0 Å². The molecule has 5 rings (SSSR count). The van der Waals surface area contributed by atoms with Crippen LogP contribution in [0.4, 0.5) is 8.78 Å². The van der Waals surface area contributed by atoms with Crippen LogP contribution in [-0.4, -0.2) is 23.6 Å². The average molecular weight is 440 g/mol. The highest BCUT2D eigenvalue weighted by Crippen LogP contribution is 2.41. The first kappa shape index (κ1) is 21.1. The lowest BCUT2D eigenvalue weighted by Crippen LogP contribution is -2.38. The summed E-state index contributed by atoms with van der Waals surface area (Å²) in [5, 5.41) is 6.35. The van der Waals surface area contributed by atoms with Gasteiger partial charge in [0, 0.05) is 12.2 Å². The zero-order valence-electron chi connectivity index (χ0n) is 18.1. The summed E-state index contributed by atoms with van der Waals surface area (Å²) < 4.78 is 30.3. The molecule has 1 amide bonds. The molecule has 1 aliphatic heterocycles. The van der Waals surface area contributed by atoms with Gasteiger partial charge < -0.3 is 15.2 Å². The molecule has 0 spiro atoms. The van der Waals surface area contributed by atoms with Crippen molar-refractivity contribution in [3.05, 3.63) is 74.5 Å². The van der Waals surface area contributed by atoms with Crippen LogP contribution in [0.25, 0.3) is 5.83 Å². The lowest BCUT2D eigenvalue weighted by molar-refractivity contribution is 0.0928. The number of carbonyl (C=O) groups excluding carboxylic acids is 1. The summed E-state index contributed by atoms with van der Waals surface area (Å²) in [6, 6.07) is 5.88. The number of carbonyl (C=O) groups is 1. The zero-order chi connectivity index (χ0) is 22.4. The molecule has 7 heteroatoms. The molecule has 2 aliphatic carbocycles. The highest BCUT2D eigenvalue weighted by atomic mass is 19.1. The summed E-state index contributed by atoms with van der Waals surface area (Å²) in [5.74, 6) is -0.966. The van der Waals surface area contributed by atoms with Gasteiger partial charge in [0.15, 0.2) is 0 Å². The minimum atomic E-state index is -0.547.